The molecule has 0 radical (unpaired) electrons. The Balaban J connectivity index is 1.87. The highest BCUT2D eigenvalue weighted by Crippen LogP contribution is 2.51. The van der Waals surface area contributed by atoms with Gasteiger partial charge < -0.3 is 9.47 Å². The maximum atomic E-state index is 12.6. The molecule has 1 fully saturated rings. The lowest BCUT2D eigenvalue weighted by Gasteiger charge is -2.05. The van der Waals surface area contributed by atoms with Crippen LogP contribution in [0.3, 0.4) is 0 Å². The van der Waals surface area contributed by atoms with Gasteiger partial charge in [-0.25, -0.2) is 0 Å². The fourth-order valence-electron chi connectivity index (χ4n) is 2.36. The topological polar surface area (TPSA) is 62.6 Å². The summed E-state index contributed by atoms with van der Waals surface area (Å²) < 4.78 is 11.5. The molecule has 1 heterocycles. The van der Waals surface area contributed by atoms with Crippen molar-refractivity contribution in [1.29, 1.82) is 5.26 Å². The molecule has 0 spiro atoms. The molecule has 0 amide bonds. The van der Waals surface area contributed by atoms with Crippen LogP contribution in [0.4, 0.5) is 0 Å². The third kappa shape index (κ3) is 2.41. The van der Waals surface area contributed by atoms with Gasteiger partial charge in [0.15, 0.2) is 0 Å². The first-order valence-corrected chi connectivity index (χ1v) is 7.43. The van der Waals surface area contributed by atoms with Crippen molar-refractivity contribution in [3.05, 3.63) is 64.1 Å². The van der Waals surface area contributed by atoms with Crippen LogP contribution in [0.1, 0.15) is 22.0 Å². The molecule has 2 aromatic carbocycles. The Labute approximate surface area is 136 Å². The standard InChI is InChI=1S/C17H12BrNO3/c1-21-14-8-4-11(5-9-14)15(20)17(10-19)16(22-17)12-2-6-13(18)7-3-12/h2-9,16H,1H3. The summed E-state index contributed by atoms with van der Waals surface area (Å²) in [4.78, 5) is 12.6. The average Bonchev–Trinajstić information content (AvgIpc) is 3.31. The van der Waals surface area contributed by atoms with E-state index in [1.54, 1.807) is 31.4 Å². The number of benzene rings is 2. The molecule has 5 heteroatoms. The summed E-state index contributed by atoms with van der Waals surface area (Å²) in [6.07, 6.45) is -0.528. The minimum Gasteiger partial charge on any atom is -0.497 e. The van der Waals surface area contributed by atoms with E-state index in [1.165, 1.54) is 0 Å². The lowest BCUT2D eigenvalue weighted by Crippen LogP contribution is -2.23. The Bertz CT molecular complexity index is 749. The predicted octanol–water partition coefficient (Wildman–Crippen LogP) is 3.67. The molecule has 2 atom stereocenters. The van der Waals surface area contributed by atoms with E-state index in [1.807, 2.05) is 30.3 Å². The Morgan fingerprint density at radius 1 is 1.23 bits per heavy atom. The maximum absolute atomic E-state index is 12.6. The zero-order valence-electron chi connectivity index (χ0n) is 11.7. The van der Waals surface area contributed by atoms with E-state index in [4.69, 9.17) is 9.47 Å². The number of nitrogens with zero attached hydrogens (tertiary/aromatic N) is 1. The van der Waals surface area contributed by atoms with E-state index < -0.39 is 11.7 Å². The molecule has 0 bridgehead atoms. The molecule has 0 aromatic heterocycles. The van der Waals surface area contributed by atoms with Crippen LogP contribution in [0, 0.1) is 11.3 Å². The summed E-state index contributed by atoms with van der Waals surface area (Å²) in [6, 6.07) is 16.1. The van der Waals surface area contributed by atoms with E-state index in [-0.39, 0.29) is 5.78 Å². The van der Waals surface area contributed by atoms with Gasteiger partial charge in [0.05, 0.1) is 7.11 Å². The zero-order valence-corrected chi connectivity index (χ0v) is 13.3. The van der Waals surface area contributed by atoms with Crippen LogP contribution in [0.25, 0.3) is 0 Å². The van der Waals surface area contributed by atoms with Gasteiger partial charge in [-0.1, -0.05) is 28.1 Å². The normalized spacial score (nSPS) is 22.7. The van der Waals surface area contributed by atoms with Crippen LogP contribution >= 0.6 is 15.9 Å². The summed E-state index contributed by atoms with van der Waals surface area (Å²) in [5, 5.41) is 9.45. The van der Waals surface area contributed by atoms with Crippen LogP contribution < -0.4 is 4.74 Å². The van der Waals surface area contributed by atoms with Crippen LogP contribution in [-0.4, -0.2) is 18.5 Å². The number of epoxide rings is 1. The Morgan fingerprint density at radius 3 is 2.41 bits per heavy atom. The molecule has 22 heavy (non-hydrogen) atoms. The van der Waals surface area contributed by atoms with Crippen molar-refractivity contribution in [2.45, 2.75) is 11.7 Å². The zero-order chi connectivity index (χ0) is 15.7. The van der Waals surface area contributed by atoms with Gasteiger partial charge >= 0.3 is 0 Å². The van der Waals surface area contributed by atoms with Crippen molar-refractivity contribution in [1.82, 2.24) is 0 Å². The van der Waals surface area contributed by atoms with Gasteiger partial charge in [-0.3, -0.25) is 4.79 Å². The number of carbonyl (C=O) groups excluding carboxylic acids is 1. The van der Waals surface area contributed by atoms with Crippen LogP contribution in [-0.2, 0) is 4.74 Å². The number of nitriles is 1. The summed E-state index contributed by atoms with van der Waals surface area (Å²) >= 11 is 3.36. The number of rotatable bonds is 4. The van der Waals surface area contributed by atoms with Crippen LogP contribution in [0.2, 0.25) is 0 Å². The van der Waals surface area contributed by atoms with Gasteiger partial charge in [0.1, 0.15) is 17.9 Å². The van der Waals surface area contributed by atoms with Gasteiger partial charge in [-0.2, -0.15) is 5.26 Å². The van der Waals surface area contributed by atoms with Crippen LogP contribution in [0.5, 0.6) is 5.75 Å². The SMILES string of the molecule is COc1ccc(C(=O)C2(C#N)OC2c2ccc(Br)cc2)cc1. The fraction of sp³-hybridized carbons (Fsp3) is 0.176. The monoisotopic (exact) mass is 357 g/mol. The first-order valence-electron chi connectivity index (χ1n) is 6.64. The van der Waals surface area contributed by atoms with E-state index in [9.17, 15) is 10.1 Å². The number of carbonyl (C=O) groups is 1. The lowest BCUT2D eigenvalue weighted by molar-refractivity contribution is 0.0914. The summed E-state index contributed by atoms with van der Waals surface area (Å²) in [6.45, 7) is 0. The van der Waals surface area contributed by atoms with Crippen molar-refractivity contribution < 1.29 is 14.3 Å². The molecule has 2 aromatic rings. The molecule has 0 N–H and O–H groups in total. The lowest BCUT2D eigenvalue weighted by atomic mass is 9.92. The van der Waals surface area contributed by atoms with Gasteiger partial charge in [0, 0.05) is 10.0 Å². The average molecular weight is 358 g/mol. The van der Waals surface area contributed by atoms with Gasteiger partial charge in [0.2, 0.25) is 11.4 Å². The maximum Gasteiger partial charge on any atom is 0.248 e. The number of methoxy groups -OCH3 is 1. The number of ketones is 1. The van der Waals surface area contributed by atoms with Crippen LogP contribution in [0.15, 0.2) is 53.0 Å². The van der Waals surface area contributed by atoms with E-state index >= 15 is 0 Å². The highest BCUT2D eigenvalue weighted by Gasteiger charge is 2.64. The molecule has 1 aliphatic heterocycles. The number of halogens is 1. The number of hydrogen-bond acceptors (Lipinski definition) is 4. The molecule has 1 aliphatic rings. The van der Waals surface area contributed by atoms with Crippen molar-refractivity contribution in [3.8, 4) is 11.8 Å². The van der Waals surface area contributed by atoms with E-state index in [0.29, 0.717) is 11.3 Å². The number of hydrogen-bond donors (Lipinski definition) is 0. The second kappa shape index (κ2) is 5.56. The molecule has 3 rings (SSSR count). The molecule has 2 unspecified atom stereocenters. The molecule has 0 saturated carbocycles. The van der Waals surface area contributed by atoms with E-state index in [0.717, 1.165) is 10.0 Å². The van der Waals surface area contributed by atoms with Crippen molar-refractivity contribution in [2.75, 3.05) is 7.11 Å². The first kappa shape index (κ1) is 14.8. The number of Topliss-reactive ketones (excluding diaryl/α,β-unsaturated/α-hetero) is 1. The minimum absolute atomic E-state index is 0.328. The Kier molecular flexibility index (Phi) is 3.73. The highest BCUT2D eigenvalue weighted by molar-refractivity contribution is 9.10. The second-order valence-electron chi connectivity index (χ2n) is 4.95. The van der Waals surface area contributed by atoms with Gasteiger partial charge in [-0.15, -0.1) is 0 Å². The number of ether oxygens (including phenoxy) is 2. The molecule has 0 aliphatic carbocycles. The largest absolute Gasteiger partial charge is 0.497 e. The fourth-order valence-corrected chi connectivity index (χ4v) is 2.62. The van der Waals surface area contributed by atoms with Crippen molar-refractivity contribution >= 4 is 21.7 Å². The van der Waals surface area contributed by atoms with Crippen molar-refractivity contribution in [2.24, 2.45) is 0 Å². The quantitative estimate of drug-likeness (QED) is 0.618. The highest BCUT2D eigenvalue weighted by atomic mass is 79.9. The first-order chi connectivity index (χ1) is 10.6. The van der Waals surface area contributed by atoms with Gasteiger partial charge in [-0.05, 0) is 42.0 Å². The summed E-state index contributed by atoms with van der Waals surface area (Å²) in [7, 11) is 1.56. The minimum atomic E-state index is -1.43. The third-order valence-electron chi connectivity index (χ3n) is 3.64. The molecular formula is C17H12BrNO3. The predicted molar refractivity (Wildman–Crippen MR) is 83.6 cm³/mol. The Morgan fingerprint density at radius 2 is 1.86 bits per heavy atom. The second-order valence-corrected chi connectivity index (χ2v) is 5.87. The summed E-state index contributed by atoms with van der Waals surface area (Å²) in [5.41, 5.74) is -0.184. The van der Waals surface area contributed by atoms with Gasteiger partial charge in [0.25, 0.3) is 0 Å². The molecular weight excluding hydrogens is 346 g/mol. The Hall–Kier alpha value is -2.16. The summed E-state index contributed by atoms with van der Waals surface area (Å²) in [5.74, 6) is 0.328. The van der Waals surface area contributed by atoms with E-state index in [2.05, 4.69) is 15.9 Å². The third-order valence-corrected chi connectivity index (χ3v) is 4.17. The molecule has 110 valence electrons. The molecule has 4 nitrogen and oxygen atoms in total. The smallest absolute Gasteiger partial charge is 0.248 e. The molecule has 1 saturated heterocycles. The van der Waals surface area contributed by atoms with Crippen molar-refractivity contribution in [3.63, 3.8) is 0 Å².